The number of benzene rings is 1. The van der Waals surface area contributed by atoms with Gasteiger partial charge in [0.1, 0.15) is 0 Å². The zero-order valence-electron chi connectivity index (χ0n) is 14.5. The first-order valence-electron chi connectivity index (χ1n) is 8.51. The summed E-state index contributed by atoms with van der Waals surface area (Å²) in [6.07, 6.45) is 3.63. The molecule has 2 amide bonds. The summed E-state index contributed by atoms with van der Waals surface area (Å²) < 4.78 is 7.00. The summed E-state index contributed by atoms with van der Waals surface area (Å²) in [5, 5.41) is 7.16. The molecule has 0 unspecified atom stereocenters. The molecule has 2 heterocycles. The first kappa shape index (κ1) is 18.5. The highest BCUT2D eigenvalue weighted by Gasteiger charge is 2.16. The molecule has 8 heteroatoms. The summed E-state index contributed by atoms with van der Waals surface area (Å²) in [6, 6.07) is 9.80. The van der Waals surface area contributed by atoms with Crippen LogP contribution in [0.25, 0.3) is 5.69 Å². The molecule has 0 bridgehead atoms. The van der Waals surface area contributed by atoms with Crippen molar-refractivity contribution in [1.29, 1.82) is 0 Å². The van der Waals surface area contributed by atoms with E-state index in [1.54, 1.807) is 15.8 Å². The molecule has 2 aromatic rings. The third-order valence-corrected chi connectivity index (χ3v) is 4.89. The Bertz CT molecular complexity index is 729. The van der Waals surface area contributed by atoms with Crippen LogP contribution in [0.4, 0.5) is 0 Å². The highest BCUT2D eigenvalue weighted by atomic mass is 32.2. The zero-order chi connectivity index (χ0) is 18.2. The number of hydrogen-bond acceptors (Lipinski definition) is 5. The first-order chi connectivity index (χ1) is 12.7. The number of rotatable bonds is 7. The van der Waals surface area contributed by atoms with Crippen LogP contribution in [-0.2, 0) is 20.9 Å². The van der Waals surface area contributed by atoms with Crippen molar-refractivity contribution in [2.75, 3.05) is 37.8 Å². The fourth-order valence-electron chi connectivity index (χ4n) is 2.56. The standard InChI is InChI=1S/C18H22N4O3S/c23-17(13-26-14-18(24)21-6-8-25-9-7-21)19-10-15-11-20-22(12-15)16-4-2-1-3-5-16/h1-5,11-12H,6-10,13-14H2,(H,19,23). The molecular formula is C18H22N4O3S. The maximum Gasteiger partial charge on any atom is 0.232 e. The zero-order valence-corrected chi connectivity index (χ0v) is 15.3. The summed E-state index contributed by atoms with van der Waals surface area (Å²) in [7, 11) is 0. The van der Waals surface area contributed by atoms with Gasteiger partial charge < -0.3 is 15.0 Å². The molecular weight excluding hydrogens is 352 g/mol. The maximum absolute atomic E-state index is 12.0. The summed E-state index contributed by atoms with van der Waals surface area (Å²) in [4.78, 5) is 25.7. The van der Waals surface area contributed by atoms with E-state index in [0.29, 0.717) is 38.6 Å². The van der Waals surface area contributed by atoms with E-state index < -0.39 is 0 Å². The first-order valence-corrected chi connectivity index (χ1v) is 9.67. The van der Waals surface area contributed by atoms with Crippen molar-refractivity contribution in [2.45, 2.75) is 6.54 Å². The van der Waals surface area contributed by atoms with Crippen molar-refractivity contribution in [2.24, 2.45) is 0 Å². The van der Waals surface area contributed by atoms with Crippen LogP contribution >= 0.6 is 11.8 Å². The normalized spacial score (nSPS) is 14.2. The number of ether oxygens (including phenoxy) is 1. The number of hydrogen-bond donors (Lipinski definition) is 1. The number of nitrogens with zero attached hydrogens (tertiary/aromatic N) is 3. The van der Waals surface area contributed by atoms with Gasteiger partial charge in [-0.1, -0.05) is 18.2 Å². The summed E-state index contributed by atoms with van der Waals surface area (Å²) in [5.41, 5.74) is 1.90. The van der Waals surface area contributed by atoms with Gasteiger partial charge in [0, 0.05) is 31.4 Å². The number of carbonyl (C=O) groups excluding carboxylic acids is 2. The van der Waals surface area contributed by atoms with Crippen LogP contribution in [0.5, 0.6) is 0 Å². The van der Waals surface area contributed by atoms with Gasteiger partial charge in [-0.3, -0.25) is 9.59 Å². The predicted molar refractivity (Wildman–Crippen MR) is 100 cm³/mol. The van der Waals surface area contributed by atoms with Gasteiger partial charge in [-0.05, 0) is 12.1 Å². The lowest BCUT2D eigenvalue weighted by molar-refractivity contribution is -0.132. The van der Waals surface area contributed by atoms with Gasteiger partial charge in [0.05, 0.1) is 36.6 Å². The molecule has 138 valence electrons. The number of aromatic nitrogens is 2. The summed E-state index contributed by atoms with van der Waals surface area (Å²) >= 11 is 1.34. The largest absolute Gasteiger partial charge is 0.378 e. The third-order valence-electron chi connectivity index (χ3n) is 3.97. The lowest BCUT2D eigenvalue weighted by Gasteiger charge is -2.26. The van der Waals surface area contributed by atoms with Crippen molar-refractivity contribution in [3.05, 3.63) is 48.3 Å². The lowest BCUT2D eigenvalue weighted by Crippen LogP contribution is -2.41. The van der Waals surface area contributed by atoms with E-state index in [2.05, 4.69) is 10.4 Å². The number of thioether (sulfide) groups is 1. The topological polar surface area (TPSA) is 76.5 Å². The van der Waals surface area contributed by atoms with E-state index in [1.165, 1.54) is 11.8 Å². The van der Waals surface area contributed by atoms with E-state index in [4.69, 9.17) is 4.74 Å². The van der Waals surface area contributed by atoms with E-state index in [9.17, 15) is 9.59 Å². The molecule has 1 aliphatic heterocycles. The van der Waals surface area contributed by atoms with E-state index in [-0.39, 0.29) is 17.6 Å². The van der Waals surface area contributed by atoms with Crippen LogP contribution in [0, 0.1) is 0 Å². The molecule has 1 saturated heterocycles. The van der Waals surface area contributed by atoms with Gasteiger partial charge in [-0.25, -0.2) is 4.68 Å². The van der Waals surface area contributed by atoms with E-state index in [0.717, 1.165) is 11.3 Å². The van der Waals surface area contributed by atoms with Gasteiger partial charge in [-0.2, -0.15) is 5.10 Å². The Hall–Kier alpha value is -2.32. The average molecular weight is 374 g/mol. The number of morpholine rings is 1. The molecule has 26 heavy (non-hydrogen) atoms. The third kappa shape index (κ3) is 5.34. The minimum Gasteiger partial charge on any atom is -0.378 e. The van der Waals surface area contributed by atoms with Crippen LogP contribution in [-0.4, -0.2) is 64.3 Å². The fourth-order valence-corrected chi connectivity index (χ4v) is 3.31. The van der Waals surface area contributed by atoms with Gasteiger partial charge in [0.2, 0.25) is 11.8 Å². The molecule has 1 N–H and O–H groups in total. The van der Waals surface area contributed by atoms with E-state index in [1.807, 2.05) is 36.5 Å². The molecule has 0 radical (unpaired) electrons. The molecule has 1 aromatic heterocycles. The molecule has 0 spiro atoms. The molecule has 0 saturated carbocycles. The van der Waals surface area contributed by atoms with E-state index >= 15 is 0 Å². The second-order valence-corrected chi connectivity index (χ2v) is 6.88. The molecule has 3 rings (SSSR count). The molecule has 1 aliphatic rings. The molecule has 1 fully saturated rings. The Morgan fingerprint density at radius 2 is 1.92 bits per heavy atom. The van der Waals surface area contributed by atoms with Crippen molar-refractivity contribution in [3.63, 3.8) is 0 Å². The highest BCUT2D eigenvalue weighted by Crippen LogP contribution is 2.08. The Kier molecular flexibility index (Phi) is 6.68. The predicted octanol–water partition coefficient (Wildman–Crippen LogP) is 1.08. The minimum atomic E-state index is -0.0859. The number of carbonyl (C=O) groups is 2. The second-order valence-electron chi connectivity index (χ2n) is 5.89. The van der Waals surface area contributed by atoms with Gasteiger partial charge in [-0.15, -0.1) is 11.8 Å². The Morgan fingerprint density at radius 1 is 1.15 bits per heavy atom. The van der Waals surface area contributed by atoms with Crippen molar-refractivity contribution >= 4 is 23.6 Å². The monoisotopic (exact) mass is 374 g/mol. The number of nitrogens with one attached hydrogen (secondary N) is 1. The Balaban J connectivity index is 1.36. The SMILES string of the molecule is O=C(CSCC(=O)N1CCOCC1)NCc1cnn(-c2ccccc2)c1. The number of para-hydroxylation sites is 1. The van der Waals surface area contributed by atoms with Crippen LogP contribution < -0.4 is 5.32 Å². The molecule has 1 aromatic carbocycles. The average Bonchev–Trinajstić information content (AvgIpc) is 3.17. The van der Waals surface area contributed by atoms with Gasteiger partial charge in [0.15, 0.2) is 0 Å². The molecule has 0 atom stereocenters. The smallest absolute Gasteiger partial charge is 0.232 e. The Labute approximate surface area is 156 Å². The van der Waals surface area contributed by atoms with Crippen molar-refractivity contribution in [1.82, 2.24) is 20.0 Å². The van der Waals surface area contributed by atoms with Gasteiger partial charge in [0.25, 0.3) is 0 Å². The maximum atomic E-state index is 12.0. The van der Waals surface area contributed by atoms with Crippen molar-refractivity contribution in [3.8, 4) is 5.69 Å². The Morgan fingerprint density at radius 3 is 2.69 bits per heavy atom. The van der Waals surface area contributed by atoms with Crippen LogP contribution in [0.1, 0.15) is 5.56 Å². The van der Waals surface area contributed by atoms with Crippen LogP contribution in [0.2, 0.25) is 0 Å². The molecule has 0 aliphatic carbocycles. The molecule has 7 nitrogen and oxygen atoms in total. The number of amides is 2. The quantitative estimate of drug-likeness (QED) is 0.785. The fraction of sp³-hybridized carbons (Fsp3) is 0.389. The van der Waals surface area contributed by atoms with Crippen molar-refractivity contribution < 1.29 is 14.3 Å². The van der Waals surface area contributed by atoms with Crippen LogP contribution in [0.15, 0.2) is 42.7 Å². The summed E-state index contributed by atoms with van der Waals surface area (Å²) in [6.45, 7) is 2.87. The minimum absolute atomic E-state index is 0.0650. The van der Waals surface area contributed by atoms with Crippen LogP contribution in [0.3, 0.4) is 0 Å². The lowest BCUT2D eigenvalue weighted by atomic mass is 10.3. The summed E-state index contributed by atoms with van der Waals surface area (Å²) in [5.74, 6) is 0.565. The highest BCUT2D eigenvalue weighted by molar-refractivity contribution is 8.00. The van der Waals surface area contributed by atoms with Gasteiger partial charge >= 0.3 is 0 Å². The second kappa shape index (κ2) is 9.40.